The van der Waals surface area contributed by atoms with Crippen molar-refractivity contribution in [2.75, 3.05) is 13.2 Å². The minimum Gasteiger partial charge on any atom is -0.444 e. The van der Waals surface area contributed by atoms with E-state index in [2.05, 4.69) is 0 Å². The average Bonchev–Trinajstić information content (AvgIpc) is 3.17. The fraction of sp³-hybridized carbons (Fsp3) is 0.458. The quantitative estimate of drug-likeness (QED) is 0.544. The molecule has 1 fully saturated rings. The molecule has 186 valence electrons. The van der Waals surface area contributed by atoms with Crippen molar-refractivity contribution in [3.63, 3.8) is 0 Å². The molecule has 0 unspecified atom stereocenters. The largest absolute Gasteiger partial charge is 0.444 e. The van der Waals surface area contributed by atoms with Crippen LogP contribution in [0.5, 0.6) is 0 Å². The van der Waals surface area contributed by atoms with Crippen LogP contribution < -0.4 is 0 Å². The van der Waals surface area contributed by atoms with Crippen LogP contribution in [0.3, 0.4) is 0 Å². The summed E-state index contributed by atoms with van der Waals surface area (Å²) in [5.41, 5.74) is 1.02. The molecule has 0 spiro atoms. The standard InChI is InChI=1S/C24H31NO7S2/c1-17-6-10-20(11-7-17)33(27,28)22-14-19(25(15-22)23(26)32-24(3,4)5)16-31-34(29,30)21-12-8-18(2)9-13-21/h6-13,19,22H,14-16H2,1-5H3/t19-,22+/m0/s1. The Hall–Kier alpha value is -2.43. The molecule has 1 heterocycles. The van der Waals surface area contributed by atoms with Crippen LogP contribution in [-0.2, 0) is 28.9 Å². The van der Waals surface area contributed by atoms with E-state index in [1.165, 1.54) is 29.2 Å². The molecule has 8 nitrogen and oxygen atoms in total. The number of carbonyl (C=O) groups excluding carboxylic acids is 1. The molecule has 0 saturated carbocycles. The van der Waals surface area contributed by atoms with E-state index < -0.39 is 42.9 Å². The van der Waals surface area contributed by atoms with E-state index >= 15 is 0 Å². The molecule has 1 aliphatic rings. The summed E-state index contributed by atoms with van der Waals surface area (Å²) in [5, 5.41) is -0.918. The first-order valence-corrected chi connectivity index (χ1v) is 13.9. The number of likely N-dealkylation sites (tertiary alicyclic amines) is 1. The first-order valence-electron chi connectivity index (χ1n) is 11.0. The number of nitrogens with zero attached hydrogens (tertiary/aromatic N) is 1. The minimum absolute atomic E-state index is 0.0104. The number of carbonyl (C=O) groups is 1. The Bertz CT molecular complexity index is 1230. The first-order chi connectivity index (χ1) is 15.7. The summed E-state index contributed by atoms with van der Waals surface area (Å²) in [4.78, 5) is 14.3. The Morgan fingerprint density at radius 3 is 1.91 bits per heavy atom. The molecule has 0 radical (unpaired) electrons. The lowest BCUT2D eigenvalue weighted by molar-refractivity contribution is 0.0189. The zero-order chi connectivity index (χ0) is 25.3. The van der Waals surface area contributed by atoms with Crippen molar-refractivity contribution in [2.45, 2.75) is 67.7 Å². The molecule has 2 aromatic rings. The predicted molar refractivity (Wildman–Crippen MR) is 128 cm³/mol. The van der Waals surface area contributed by atoms with Gasteiger partial charge in [-0.15, -0.1) is 0 Å². The summed E-state index contributed by atoms with van der Waals surface area (Å²) in [6, 6.07) is 11.9. The van der Waals surface area contributed by atoms with Crippen molar-refractivity contribution in [1.82, 2.24) is 4.90 Å². The van der Waals surface area contributed by atoms with E-state index in [1.807, 2.05) is 13.8 Å². The Morgan fingerprint density at radius 2 is 1.41 bits per heavy atom. The van der Waals surface area contributed by atoms with Crippen LogP contribution in [0.15, 0.2) is 58.3 Å². The summed E-state index contributed by atoms with van der Waals surface area (Å²) in [5.74, 6) is 0. The summed E-state index contributed by atoms with van der Waals surface area (Å²) in [6.07, 6.45) is -0.686. The monoisotopic (exact) mass is 509 g/mol. The second-order valence-corrected chi connectivity index (χ2v) is 13.4. The van der Waals surface area contributed by atoms with Crippen LogP contribution in [0.4, 0.5) is 4.79 Å². The molecule has 0 aromatic heterocycles. The molecular weight excluding hydrogens is 478 g/mol. The van der Waals surface area contributed by atoms with Gasteiger partial charge in [0.15, 0.2) is 9.84 Å². The molecule has 34 heavy (non-hydrogen) atoms. The van der Waals surface area contributed by atoms with Gasteiger partial charge in [0.1, 0.15) is 5.60 Å². The van der Waals surface area contributed by atoms with Gasteiger partial charge < -0.3 is 9.64 Å². The molecule has 0 aliphatic carbocycles. The highest BCUT2D eigenvalue weighted by atomic mass is 32.2. The van der Waals surface area contributed by atoms with Gasteiger partial charge >= 0.3 is 6.09 Å². The molecule has 3 rings (SSSR count). The normalized spacial score (nSPS) is 19.3. The molecule has 1 amide bonds. The molecule has 1 aliphatic heterocycles. The number of aryl methyl sites for hydroxylation is 2. The third-order valence-electron chi connectivity index (χ3n) is 5.52. The SMILES string of the molecule is Cc1ccc(S(=O)(=O)OC[C@@H]2C[C@@H](S(=O)(=O)c3ccc(C)cc3)CN2C(=O)OC(C)(C)C)cc1. The van der Waals surface area contributed by atoms with E-state index in [0.717, 1.165) is 11.1 Å². The highest BCUT2D eigenvalue weighted by Gasteiger charge is 2.44. The fourth-order valence-corrected chi connectivity index (χ4v) is 6.34. The minimum atomic E-state index is -4.09. The number of ether oxygens (including phenoxy) is 1. The summed E-state index contributed by atoms with van der Waals surface area (Å²) < 4.78 is 62.6. The van der Waals surface area contributed by atoms with Gasteiger partial charge in [0, 0.05) is 6.54 Å². The van der Waals surface area contributed by atoms with Crippen LogP contribution in [-0.4, -0.2) is 57.9 Å². The fourth-order valence-electron chi connectivity index (χ4n) is 3.66. The summed E-state index contributed by atoms with van der Waals surface area (Å²) in [7, 11) is -7.85. The lowest BCUT2D eigenvalue weighted by Gasteiger charge is -2.28. The predicted octanol–water partition coefficient (Wildman–Crippen LogP) is 3.86. The summed E-state index contributed by atoms with van der Waals surface area (Å²) in [6.45, 7) is 8.30. The molecule has 2 aromatic carbocycles. The molecule has 0 bridgehead atoms. The highest BCUT2D eigenvalue weighted by molar-refractivity contribution is 7.92. The molecular formula is C24H31NO7S2. The molecule has 10 heteroatoms. The van der Waals surface area contributed by atoms with Crippen molar-refractivity contribution in [3.05, 3.63) is 59.7 Å². The number of hydrogen-bond acceptors (Lipinski definition) is 7. The van der Waals surface area contributed by atoms with Crippen LogP contribution in [0, 0.1) is 13.8 Å². The first kappa shape index (κ1) is 26.2. The van der Waals surface area contributed by atoms with Crippen LogP contribution in [0.1, 0.15) is 38.3 Å². The molecule has 0 N–H and O–H groups in total. The molecule has 1 saturated heterocycles. The van der Waals surface area contributed by atoms with Crippen molar-refractivity contribution in [3.8, 4) is 0 Å². The zero-order valence-electron chi connectivity index (χ0n) is 20.0. The van der Waals surface area contributed by atoms with Gasteiger partial charge in [-0.3, -0.25) is 4.18 Å². The van der Waals surface area contributed by atoms with Crippen molar-refractivity contribution in [2.24, 2.45) is 0 Å². The Labute approximate surface area is 201 Å². The average molecular weight is 510 g/mol. The van der Waals surface area contributed by atoms with Gasteiger partial charge in [-0.1, -0.05) is 35.4 Å². The van der Waals surface area contributed by atoms with Crippen LogP contribution >= 0.6 is 0 Å². The topological polar surface area (TPSA) is 107 Å². The third-order valence-corrected chi connectivity index (χ3v) is 8.96. The smallest absolute Gasteiger partial charge is 0.410 e. The van der Waals surface area contributed by atoms with E-state index in [4.69, 9.17) is 8.92 Å². The number of amides is 1. The Balaban J connectivity index is 1.84. The van der Waals surface area contributed by atoms with Crippen molar-refractivity contribution >= 4 is 26.0 Å². The number of benzene rings is 2. The second-order valence-electron chi connectivity index (χ2n) is 9.55. The van der Waals surface area contributed by atoms with Gasteiger partial charge in [0.25, 0.3) is 10.1 Å². The van der Waals surface area contributed by atoms with Crippen LogP contribution in [0.25, 0.3) is 0 Å². The number of sulfone groups is 1. The van der Waals surface area contributed by atoms with Gasteiger partial charge in [0.05, 0.1) is 27.7 Å². The Morgan fingerprint density at radius 1 is 0.912 bits per heavy atom. The third kappa shape index (κ3) is 6.17. The highest BCUT2D eigenvalue weighted by Crippen LogP contribution is 2.30. The van der Waals surface area contributed by atoms with Crippen LogP contribution in [0.2, 0.25) is 0 Å². The summed E-state index contributed by atoms with van der Waals surface area (Å²) >= 11 is 0. The van der Waals surface area contributed by atoms with Gasteiger partial charge in [-0.05, 0) is 65.3 Å². The lowest BCUT2D eigenvalue weighted by atomic mass is 10.2. The van der Waals surface area contributed by atoms with Gasteiger partial charge in [-0.2, -0.15) is 8.42 Å². The number of hydrogen-bond donors (Lipinski definition) is 0. The van der Waals surface area contributed by atoms with E-state index in [9.17, 15) is 21.6 Å². The van der Waals surface area contributed by atoms with Gasteiger partial charge in [-0.25, -0.2) is 13.2 Å². The van der Waals surface area contributed by atoms with E-state index in [1.54, 1.807) is 45.0 Å². The van der Waals surface area contributed by atoms with Crippen molar-refractivity contribution in [1.29, 1.82) is 0 Å². The lowest BCUT2D eigenvalue weighted by Crippen LogP contribution is -2.42. The van der Waals surface area contributed by atoms with E-state index in [-0.39, 0.29) is 29.4 Å². The van der Waals surface area contributed by atoms with E-state index in [0.29, 0.717) is 0 Å². The number of rotatable bonds is 6. The molecule has 2 atom stereocenters. The maximum absolute atomic E-state index is 13.3. The van der Waals surface area contributed by atoms with Crippen molar-refractivity contribution < 1.29 is 30.6 Å². The second kappa shape index (κ2) is 9.67. The maximum Gasteiger partial charge on any atom is 0.410 e. The van der Waals surface area contributed by atoms with Gasteiger partial charge in [0.2, 0.25) is 0 Å². The zero-order valence-corrected chi connectivity index (χ0v) is 21.6. The Kier molecular flexibility index (Phi) is 7.45. The maximum atomic E-state index is 13.3.